The van der Waals surface area contributed by atoms with Crippen molar-refractivity contribution in [3.05, 3.63) is 0 Å². The molecule has 0 amide bonds. The van der Waals surface area contributed by atoms with E-state index in [4.69, 9.17) is 4.74 Å². The fourth-order valence-corrected chi connectivity index (χ4v) is 3.51. The predicted molar refractivity (Wildman–Crippen MR) is 43.2 cm³/mol. The zero-order valence-electron chi connectivity index (χ0n) is 6.96. The van der Waals surface area contributed by atoms with Crippen LogP contribution in [0.5, 0.6) is 0 Å². The molecule has 3 fully saturated rings. The normalized spacial score (nSPS) is 55.6. The minimum absolute atomic E-state index is 0.150. The first kappa shape index (κ1) is 8.79. The van der Waals surface area contributed by atoms with Crippen molar-refractivity contribution in [1.29, 1.82) is 0 Å². The van der Waals surface area contributed by atoms with E-state index in [2.05, 4.69) is 0 Å². The van der Waals surface area contributed by atoms with Crippen molar-refractivity contribution in [1.82, 2.24) is 0 Å². The van der Waals surface area contributed by atoms with Crippen LogP contribution in [0.15, 0.2) is 0 Å². The highest BCUT2D eigenvalue weighted by atomic mass is 32.2. The second kappa shape index (κ2) is 2.19. The maximum Gasteiger partial charge on any atom is 0.249 e. The predicted octanol–water partition coefficient (Wildman–Crippen LogP) is 0.764. The summed E-state index contributed by atoms with van der Waals surface area (Å²) in [6, 6.07) is 0. The van der Waals surface area contributed by atoms with Crippen molar-refractivity contribution < 1.29 is 23.1 Å². The molecule has 0 N–H and O–H groups in total. The van der Waals surface area contributed by atoms with Crippen LogP contribution < -0.4 is 0 Å². The maximum absolute atomic E-state index is 14.1. The van der Waals surface area contributed by atoms with Crippen molar-refractivity contribution in [2.45, 2.75) is 36.4 Å². The van der Waals surface area contributed by atoms with Crippen molar-refractivity contribution in [3.8, 4) is 0 Å². The average Bonchev–Trinajstić information content (AvgIpc) is 2.73. The molecule has 0 spiro atoms. The molecule has 3 aliphatic rings. The highest BCUT2D eigenvalue weighted by Gasteiger charge is 2.82. The molecule has 3 aliphatic heterocycles. The van der Waals surface area contributed by atoms with Gasteiger partial charge in [-0.3, -0.25) is 9.59 Å². The van der Waals surface area contributed by atoms with E-state index in [1.165, 1.54) is 0 Å². The van der Waals surface area contributed by atoms with E-state index in [0.717, 1.165) is 0 Å². The first-order valence-electron chi connectivity index (χ1n) is 4.31. The van der Waals surface area contributed by atoms with Gasteiger partial charge in [-0.25, -0.2) is 8.78 Å². The van der Waals surface area contributed by atoms with E-state index in [-0.39, 0.29) is 11.8 Å². The summed E-state index contributed by atoms with van der Waals surface area (Å²) in [5.41, 5.74) is -5.45. The Balaban J connectivity index is 2.21. The molecule has 3 nitrogen and oxygen atoms in total. The zero-order chi connectivity index (χ0) is 10.1. The minimum Gasteiger partial charge on any atom is -0.367 e. The standard InChI is InChI=1S/C8H6F2O3S/c9-7-3-1-2-4(13-3)8(7,10)6(12)14-5(7)11/h3-4H,1-2H2/t3-,4+,7-,8+. The number of carbonyl (C=O) groups is 2. The van der Waals surface area contributed by atoms with Crippen LogP contribution in [0.4, 0.5) is 8.78 Å². The van der Waals surface area contributed by atoms with Crippen molar-refractivity contribution in [2.24, 2.45) is 0 Å². The lowest BCUT2D eigenvalue weighted by molar-refractivity contribution is -0.141. The van der Waals surface area contributed by atoms with Crippen LogP contribution in [0.2, 0.25) is 0 Å². The lowest BCUT2D eigenvalue weighted by Crippen LogP contribution is -2.57. The van der Waals surface area contributed by atoms with Crippen LogP contribution in [0, 0.1) is 0 Å². The summed E-state index contributed by atoms with van der Waals surface area (Å²) < 4.78 is 33.2. The quantitative estimate of drug-likeness (QED) is 0.604. The topological polar surface area (TPSA) is 43.4 Å². The third-order valence-corrected chi connectivity index (χ3v) is 4.18. The summed E-state index contributed by atoms with van der Waals surface area (Å²) in [6.07, 6.45) is -1.51. The summed E-state index contributed by atoms with van der Waals surface area (Å²) in [6.45, 7) is 0. The molecule has 0 unspecified atom stereocenters. The van der Waals surface area contributed by atoms with Crippen LogP contribution in [0.25, 0.3) is 0 Å². The van der Waals surface area contributed by atoms with E-state index >= 15 is 0 Å². The molecule has 0 aromatic carbocycles. The van der Waals surface area contributed by atoms with E-state index in [9.17, 15) is 18.4 Å². The van der Waals surface area contributed by atoms with Crippen LogP contribution in [0.3, 0.4) is 0 Å². The molecular formula is C8H6F2O3S. The number of rotatable bonds is 0. The zero-order valence-corrected chi connectivity index (χ0v) is 7.77. The fraction of sp³-hybridized carbons (Fsp3) is 0.750. The second-order valence-corrected chi connectivity index (χ2v) is 4.74. The number of ether oxygens (including phenoxy) is 1. The van der Waals surface area contributed by atoms with Crippen LogP contribution in [0.1, 0.15) is 12.8 Å². The largest absolute Gasteiger partial charge is 0.367 e. The number of carbonyl (C=O) groups excluding carboxylic acids is 2. The Labute approximate surface area is 82.2 Å². The Bertz CT molecular complexity index is 328. The molecule has 0 aromatic heterocycles. The van der Waals surface area contributed by atoms with Gasteiger partial charge in [0, 0.05) is 0 Å². The molecule has 0 aromatic rings. The number of fused-ring (bicyclic) bond motifs is 5. The molecule has 6 heteroatoms. The second-order valence-electron chi connectivity index (χ2n) is 3.79. The van der Waals surface area contributed by atoms with Crippen LogP contribution >= 0.6 is 11.8 Å². The third-order valence-electron chi connectivity index (χ3n) is 3.22. The number of halogens is 2. The molecule has 0 radical (unpaired) electrons. The molecule has 14 heavy (non-hydrogen) atoms. The van der Waals surface area contributed by atoms with Gasteiger partial charge < -0.3 is 4.74 Å². The summed E-state index contributed by atoms with van der Waals surface area (Å²) in [7, 11) is 0. The molecule has 0 aliphatic carbocycles. The van der Waals surface area contributed by atoms with Gasteiger partial charge in [-0.2, -0.15) is 0 Å². The Morgan fingerprint density at radius 2 is 1.57 bits per heavy atom. The van der Waals surface area contributed by atoms with Gasteiger partial charge in [0.25, 0.3) is 0 Å². The SMILES string of the molecule is O=C1SC(=O)[C@]2(F)[C@H]3CC[C@H](O3)[C@]12F. The Hall–Kier alpha value is -0.490. The van der Waals surface area contributed by atoms with Crippen LogP contribution in [-0.2, 0) is 14.3 Å². The van der Waals surface area contributed by atoms with Crippen LogP contribution in [-0.4, -0.2) is 33.8 Å². The number of hydrogen-bond donors (Lipinski definition) is 0. The van der Waals surface area contributed by atoms with Gasteiger partial charge in [0.1, 0.15) is 12.2 Å². The van der Waals surface area contributed by atoms with Gasteiger partial charge in [0.15, 0.2) is 0 Å². The molecular weight excluding hydrogens is 214 g/mol. The summed E-state index contributed by atoms with van der Waals surface area (Å²) in [5, 5.41) is -2.06. The first-order valence-corrected chi connectivity index (χ1v) is 5.13. The molecule has 0 saturated carbocycles. The Morgan fingerprint density at radius 1 is 1.14 bits per heavy atom. The van der Waals surface area contributed by atoms with Gasteiger partial charge in [0.05, 0.1) is 0 Å². The number of alkyl halides is 2. The molecule has 2 bridgehead atoms. The highest BCUT2D eigenvalue weighted by Crippen LogP contribution is 2.60. The summed E-state index contributed by atoms with van der Waals surface area (Å²) in [4.78, 5) is 22.5. The monoisotopic (exact) mass is 220 g/mol. The van der Waals surface area contributed by atoms with E-state index in [0.29, 0.717) is 12.8 Å². The minimum atomic E-state index is -2.72. The maximum atomic E-state index is 14.1. The van der Waals surface area contributed by atoms with Crippen molar-refractivity contribution in [2.75, 3.05) is 0 Å². The first-order chi connectivity index (χ1) is 6.51. The van der Waals surface area contributed by atoms with Gasteiger partial charge in [-0.1, -0.05) is 0 Å². The number of thioether (sulfide) groups is 1. The number of hydrogen-bond acceptors (Lipinski definition) is 4. The lowest BCUT2D eigenvalue weighted by atomic mass is 9.76. The molecule has 3 heterocycles. The van der Waals surface area contributed by atoms with Gasteiger partial charge in [-0.05, 0) is 24.6 Å². The van der Waals surface area contributed by atoms with Gasteiger partial charge >= 0.3 is 0 Å². The lowest BCUT2D eigenvalue weighted by Gasteiger charge is -2.29. The molecule has 76 valence electrons. The van der Waals surface area contributed by atoms with E-state index < -0.39 is 33.8 Å². The Morgan fingerprint density at radius 3 is 2.00 bits per heavy atom. The van der Waals surface area contributed by atoms with Crippen molar-refractivity contribution in [3.63, 3.8) is 0 Å². The van der Waals surface area contributed by atoms with Gasteiger partial charge in [-0.15, -0.1) is 0 Å². The molecule has 4 atom stereocenters. The summed E-state index contributed by atoms with van der Waals surface area (Å²) in [5.74, 6) is 0. The fourth-order valence-electron chi connectivity index (χ4n) is 2.48. The van der Waals surface area contributed by atoms with E-state index in [1.807, 2.05) is 0 Å². The average molecular weight is 220 g/mol. The summed E-state index contributed by atoms with van der Waals surface area (Å²) >= 11 is 0.150. The van der Waals surface area contributed by atoms with Crippen molar-refractivity contribution >= 4 is 22.0 Å². The highest BCUT2D eigenvalue weighted by molar-refractivity contribution is 8.27. The third kappa shape index (κ3) is 0.614. The smallest absolute Gasteiger partial charge is 0.249 e. The van der Waals surface area contributed by atoms with E-state index in [1.54, 1.807) is 0 Å². The molecule has 3 rings (SSSR count). The molecule has 3 saturated heterocycles. The Kier molecular flexibility index (Phi) is 1.37. The van der Waals surface area contributed by atoms with Gasteiger partial charge in [0.2, 0.25) is 21.6 Å².